The molecule has 0 unspecified atom stereocenters. The molecule has 0 atom stereocenters. The number of unbranched alkanes of at least 4 members (excludes halogenated alkanes) is 1. The molecular formula is C12H23NO. The average Bonchev–Trinajstić information content (AvgIpc) is 2.19. The van der Waals surface area contributed by atoms with Gasteiger partial charge in [0.05, 0.1) is 0 Å². The van der Waals surface area contributed by atoms with Gasteiger partial charge in [0, 0.05) is 12.3 Å². The van der Waals surface area contributed by atoms with E-state index in [1.807, 2.05) is 0 Å². The van der Waals surface area contributed by atoms with Gasteiger partial charge in [-0.25, -0.2) is 0 Å². The second kappa shape index (κ2) is 6.18. The Bertz CT molecular complexity index is 171. The largest absolute Gasteiger partial charge is 0.330 e. The van der Waals surface area contributed by atoms with E-state index in [9.17, 15) is 4.79 Å². The summed E-state index contributed by atoms with van der Waals surface area (Å²) in [5, 5.41) is 0. The lowest BCUT2D eigenvalue weighted by Gasteiger charge is -2.24. The van der Waals surface area contributed by atoms with Crippen molar-refractivity contribution in [3.63, 3.8) is 0 Å². The van der Waals surface area contributed by atoms with Crippen LogP contribution in [-0.2, 0) is 4.79 Å². The van der Waals surface area contributed by atoms with E-state index in [2.05, 4.69) is 6.92 Å². The molecule has 0 spiro atoms. The molecule has 0 saturated heterocycles. The van der Waals surface area contributed by atoms with Gasteiger partial charge in [0.25, 0.3) is 0 Å². The van der Waals surface area contributed by atoms with Crippen LogP contribution in [0.2, 0.25) is 0 Å². The van der Waals surface area contributed by atoms with E-state index in [1.165, 1.54) is 12.8 Å². The highest BCUT2D eigenvalue weighted by molar-refractivity contribution is 5.80. The maximum absolute atomic E-state index is 11.7. The van der Waals surface area contributed by atoms with Gasteiger partial charge in [0.15, 0.2) is 0 Å². The molecule has 0 radical (unpaired) electrons. The van der Waals surface area contributed by atoms with Gasteiger partial charge >= 0.3 is 0 Å². The van der Waals surface area contributed by atoms with Crippen molar-refractivity contribution >= 4 is 5.78 Å². The third-order valence-corrected chi connectivity index (χ3v) is 3.35. The molecule has 0 aromatic rings. The molecule has 0 heterocycles. The van der Waals surface area contributed by atoms with Gasteiger partial charge in [0.2, 0.25) is 0 Å². The fourth-order valence-corrected chi connectivity index (χ4v) is 2.23. The van der Waals surface area contributed by atoms with E-state index in [-0.39, 0.29) is 0 Å². The number of ketones is 1. The van der Waals surface area contributed by atoms with Gasteiger partial charge in [-0.3, -0.25) is 4.79 Å². The Morgan fingerprint density at radius 2 is 1.86 bits per heavy atom. The summed E-state index contributed by atoms with van der Waals surface area (Å²) in [5.41, 5.74) is 5.40. The second-order valence-corrected chi connectivity index (χ2v) is 4.67. The normalized spacial score (nSPS) is 27.6. The Kier molecular flexibility index (Phi) is 5.16. The molecule has 0 aromatic heterocycles. The van der Waals surface area contributed by atoms with E-state index in [1.54, 1.807) is 0 Å². The summed E-state index contributed by atoms with van der Waals surface area (Å²) in [7, 11) is 0. The predicted molar refractivity (Wildman–Crippen MR) is 59.0 cm³/mol. The first kappa shape index (κ1) is 11.7. The molecule has 2 nitrogen and oxygen atoms in total. The molecule has 1 rings (SSSR count). The summed E-state index contributed by atoms with van der Waals surface area (Å²) in [6, 6.07) is 0. The Hall–Kier alpha value is -0.370. The van der Waals surface area contributed by atoms with Gasteiger partial charge in [0.1, 0.15) is 5.78 Å². The Morgan fingerprint density at radius 1 is 1.21 bits per heavy atom. The van der Waals surface area contributed by atoms with Crippen LogP contribution in [0.5, 0.6) is 0 Å². The fourth-order valence-electron chi connectivity index (χ4n) is 2.23. The van der Waals surface area contributed by atoms with Crippen molar-refractivity contribution in [2.45, 2.75) is 51.9 Å². The molecular weight excluding hydrogens is 174 g/mol. The standard InChI is InChI=1S/C12H23NO/c1-10-5-7-11(8-6-10)12(14)4-2-3-9-13/h10-11H,2-9,13H2,1H3. The van der Waals surface area contributed by atoms with Gasteiger partial charge in [-0.2, -0.15) is 0 Å². The molecule has 2 N–H and O–H groups in total. The molecule has 14 heavy (non-hydrogen) atoms. The number of nitrogens with two attached hydrogens (primary N) is 1. The fraction of sp³-hybridized carbons (Fsp3) is 0.917. The van der Waals surface area contributed by atoms with E-state index in [0.717, 1.165) is 44.6 Å². The molecule has 0 amide bonds. The Balaban J connectivity index is 2.17. The zero-order chi connectivity index (χ0) is 10.4. The van der Waals surface area contributed by atoms with E-state index < -0.39 is 0 Å². The van der Waals surface area contributed by atoms with Gasteiger partial charge in [-0.15, -0.1) is 0 Å². The van der Waals surface area contributed by atoms with Crippen molar-refractivity contribution in [3.05, 3.63) is 0 Å². The van der Waals surface area contributed by atoms with Crippen LogP contribution in [-0.4, -0.2) is 12.3 Å². The zero-order valence-electron chi connectivity index (χ0n) is 9.30. The third-order valence-electron chi connectivity index (χ3n) is 3.35. The lowest BCUT2D eigenvalue weighted by molar-refractivity contribution is -0.124. The number of rotatable bonds is 5. The summed E-state index contributed by atoms with van der Waals surface area (Å²) in [5.74, 6) is 1.71. The summed E-state index contributed by atoms with van der Waals surface area (Å²) >= 11 is 0. The van der Waals surface area contributed by atoms with Crippen LogP contribution in [0.4, 0.5) is 0 Å². The van der Waals surface area contributed by atoms with Gasteiger partial charge in [-0.1, -0.05) is 19.8 Å². The molecule has 0 aromatic carbocycles. The van der Waals surface area contributed by atoms with Crippen molar-refractivity contribution in [3.8, 4) is 0 Å². The van der Waals surface area contributed by atoms with Crippen molar-refractivity contribution < 1.29 is 4.79 Å². The molecule has 1 fully saturated rings. The minimum atomic E-state index is 0.379. The summed E-state index contributed by atoms with van der Waals surface area (Å²) in [4.78, 5) is 11.7. The van der Waals surface area contributed by atoms with E-state index in [0.29, 0.717) is 11.7 Å². The first-order valence-electron chi connectivity index (χ1n) is 5.96. The highest BCUT2D eigenvalue weighted by Gasteiger charge is 2.23. The summed E-state index contributed by atoms with van der Waals surface area (Å²) in [6.45, 7) is 3.00. The number of hydrogen-bond donors (Lipinski definition) is 1. The maximum atomic E-state index is 11.7. The van der Waals surface area contributed by atoms with Crippen LogP contribution in [0.3, 0.4) is 0 Å². The van der Waals surface area contributed by atoms with E-state index >= 15 is 0 Å². The van der Waals surface area contributed by atoms with Gasteiger partial charge in [-0.05, 0) is 38.1 Å². The van der Waals surface area contributed by atoms with Crippen molar-refractivity contribution in [2.24, 2.45) is 17.6 Å². The van der Waals surface area contributed by atoms with Crippen LogP contribution in [0.25, 0.3) is 0 Å². The first-order chi connectivity index (χ1) is 6.74. The Labute approximate surface area is 87.2 Å². The summed E-state index contributed by atoms with van der Waals surface area (Å²) < 4.78 is 0. The molecule has 0 bridgehead atoms. The SMILES string of the molecule is CC1CCC(C(=O)CCCCN)CC1. The van der Waals surface area contributed by atoms with Crippen LogP contribution in [0, 0.1) is 11.8 Å². The predicted octanol–water partition coefficient (Wildman–Crippen LogP) is 2.51. The molecule has 1 aliphatic rings. The van der Waals surface area contributed by atoms with Crippen molar-refractivity contribution in [2.75, 3.05) is 6.54 Å². The number of carbonyl (C=O) groups is 1. The molecule has 82 valence electrons. The highest BCUT2D eigenvalue weighted by Crippen LogP contribution is 2.29. The van der Waals surface area contributed by atoms with Crippen LogP contribution in [0.1, 0.15) is 51.9 Å². The average molecular weight is 197 g/mol. The van der Waals surface area contributed by atoms with Crippen LogP contribution >= 0.6 is 0 Å². The molecule has 1 aliphatic carbocycles. The topological polar surface area (TPSA) is 43.1 Å². The lowest BCUT2D eigenvalue weighted by Crippen LogP contribution is -2.20. The summed E-state index contributed by atoms with van der Waals surface area (Å²) in [6.07, 6.45) is 7.48. The molecule has 2 heteroatoms. The quantitative estimate of drug-likeness (QED) is 0.688. The first-order valence-corrected chi connectivity index (χ1v) is 5.96. The molecule has 1 saturated carbocycles. The third kappa shape index (κ3) is 3.79. The zero-order valence-corrected chi connectivity index (χ0v) is 9.30. The molecule has 0 aliphatic heterocycles. The number of Topliss-reactive ketones (excluding diaryl/α,β-unsaturated/α-hetero) is 1. The second-order valence-electron chi connectivity index (χ2n) is 4.67. The smallest absolute Gasteiger partial charge is 0.135 e. The maximum Gasteiger partial charge on any atom is 0.135 e. The Morgan fingerprint density at radius 3 is 2.43 bits per heavy atom. The highest BCUT2D eigenvalue weighted by atomic mass is 16.1. The van der Waals surface area contributed by atoms with Crippen LogP contribution < -0.4 is 5.73 Å². The number of carbonyl (C=O) groups excluding carboxylic acids is 1. The lowest BCUT2D eigenvalue weighted by atomic mass is 9.80. The van der Waals surface area contributed by atoms with Crippen molar-refractivity contribution in [1.82, 2.24) is 0 Å². The minimum Gasteiger partial charge on any atom is -0.330 e. The minimum absolute atomic E-state index is 0.379. The van der Waals surface area contributed by atoms with Crippen molar-refractivity contribution in [1.29, 1.82) is 0 Å². The van der Waals surface area contributed by atoms with E-state index in [4.69, 9.17) is 5.73 Å². The van der Waals surface area contributed by atoms with Gasteiger partial charge < -0.3 is 5.73 Å². The monoisotopic (exact) mass is 197 g/mol. The number of hydrogen-bond acceptors (Lipinski definition) is 2. The van der Waals surface area contributed by atoms with Crippen LogP contribution in [0.15, 0.2) is 0 Å².